The lowest BCUT2D eigenvalue weighted by atomic mass is 10.0. The van der Waals surface area contributed by atoms with Crippen molar-refractivity contribution in [3.8, 4) is 0 Å². The number of carbonyl (C=O) groups excluding carboxylic acids is 1. The van der Waals surface area contributed by atoms with Gasteiger partial charge in [0, 0.05) is 23.9 Å². The molecule has 4 rings (SSSR count). The Balaban J connectivity index is 2.10. The van der Waals surface area contributed by atoms with Crippen LogP contribution in [0.15, 0.2) is 28.7 Å². The third-order valence-electron chi connectivity index (χ3n) is 4.77. The molecule has 1 saturated heterocycles. The lowest BCUT2D eigenvalue weighted by molar-refractivity contribution is 0.0601. The second kappa shape index (κ2) is 6.61. The van der Waals surface area contributed by atoms with Crippen molar-refractivity contribution in [3.63, 3.8) is 0 Å². The summed E-state index contributed by atoms with van der Waals surface area (Å²) in [7, 11) is 1.40. The molecule has 0 unspecified atom stereocenters. The highest BCUT2D eigenvalue weighted by Gasteiger charge is 2.30. The minimum Gasteiger partial charge on any atom is -0.465 e. The third kappa shape index (κ3) is 2.61. The largest absolute Gasteiger partial charge is 0.465 e. The SMILES string of the molecule is COC(=O)c1c(N2CCOCC2)oc2c(C(C)C)nc3ccccc3c12. The number of nitrogens with zero attached hydrogens (tertiary/aromatic N) is 2. The Morgan fingerprint density at radius 1 is 1.23 bits per heavy atom. The van der Waals surface area contributed by atoms with Crippen molar-refractivity contribution in [1.82, 2.24) is 4.98 Å². The molecule has 26 heavy (non-hydrogen) atoms. The van der Waals surface area contributed by atoms with Crippen LogP contribution in [0.1, 0.15) is 35.8 Å². The van der Waals surface area contributed by atoms with E-state index in [4.69, 9.17) is 18.9 Å². The van der Waals surface area contributed by atoms with E-state index in [2.05, 4.69) is 18.7 Å². The van der Waals surface area contributed by atoms with Crippen molar-refractivity contribution >= 4 is 33.7 Å². The van der Waals surface area contributed by atoms with E-state index in [1.165, 1.54) is 7.11 Å². The van der Waals surface area contributed by atoms with Crippen LogP contribution in [0.25, 0.3) is 21.9 Å². The Hall–Kier alpha value is -2.60. The quantitative estimate of drug-likeness (QED) is 0.668. The van der Waals surface area contributed by atoms with Gasteiger partial charge >= 0.3 is 5.97 Å². The van der Waals surface area contributed by atoms with E-state index < -0.39 is 5.97 Å². The molecule has 6 heteroatoms. The zero-order valence-corrected chi connectivity index (χ0v) is 15.2. The highest BCUT2D eigenvalue weighted by Crippen LogP contribution is 2.40. The smallest absolute Gasteiger partial charge is 0.344 e. The van der Waals surface area contributed by atoms with Crippen LogP contribution >= 0.6 is 0 Å². The molecule has 0 radical (unpaired) electrons. The van der Waals surface area contributed by atoms with E-state index >= 15 is 0 Å². The monoisotopic (exact) mass is 354 g/mol. The molecule has 3 aromatic rings. The Kier molecular flexibility index (Phi) is 4.28. The number of fused-ring (bicyclic) bond motifs is 3. The molecule has 6 nitrogen and oxygen atoms in total. The van der Waals surface area contributed by atoms with Crippen LogP contribution in [0.3, 0.4) is 0 Å². The Bertz CT molecular complexity index is 971. The molecule has 0 saturated carbocycles. The molecule has 136 valence electrons. The van der Waals surface area contributed by atoms with Crippen LogP contribution in [0, 0.1) is 0 Å². The molecule has 0 N–H and O–H groups in total. The number of anilines is 1. The lowest BCUT2D eigenvalue weighted by Crippen LogP contribution is -2.36. The topological polar surface area (TPSA) is 64.8 Å². The Labute approximate surface area is 151 Å². The second-order valence-corrected chi connectivity index (χ2v) is 6.75. The highest BCUT2D eigenvalue weighted by molar-refractivity contribution is 6.18. The normalized spacial score (nSPS) is 15.2. The minimum absolute atomic E-state index is 0.163. The van der Waals surface area contributed by atoms with Crippen LogP contribution < -0.4 is 4.90 Å². The van der Waals surface area contributed by atoms with Gasteiger partial charge in [-0.05, 0) is 12.0 Å². The third-order valence-corrected chi connectivity index (χ3v) is 4.77. The van der Waals surface area contributed by atoms with Crippen molar-refractivity contribution in [2.45, 2.75) is 19.8 Å². The molecular weight excluding hydrogens is 332 g/mol. The van der Waals surface area contributed by atoms with Gasteiger partial charge in [-0.25, -0.2) is 9.78 Å². The molecule has 0 bridgehead atoms. The fraction of sp³-hybridized carbons (Fsp3) is 0.400. The number of benzene rings is 1. The molecule has 2 aromatic heterocycles. The maximum absolute atomic E-state index is 12.7. The number of hydrogen-bond acceptors (Lipinski definition) is 6. The number of aromatic nitrogens is 1. The van der Waals surface area contributed by atoms with Gasteiger partial charge in [0.25, 0.3) is 0 Å². The van der Waals surface area contributed by atoms with Gasteiger partial charge in [0.05, 0.1) is 31.5 Å². The van der Waals surface area contributed by atoms with Crippen LogP contribution in [-0.2, 0) is 9.47 Å². The standard InChI is InChI=1S/C20H22N2O4/c1-12(2)17-18-15(13-6-4-5-7-14(13)21-17)16(20(23)24-3)19(26-18)22-8-10-25-11-9-22/h4-7,12H,8-11H2,1-3H3. The molecule has 0 spiro atoms. The highest BCUT2D eigenvalue weighted by atomic mass is 16.5. The number of pyridine rings is 1. The summed E-state index contributed by atoms with van der Waals surface area (Å²) in [4.78, 5) is 19.6. The maximum atomic E-state index is 12.7. The molecule has 0 aliphatic carbocycles. The number of methoxy groups -OCH3 is 1. The number of hydrogen-bond donors (Lipinski definition) is 0. The number of furan rings is 1. The molecule has 1 aliphatic heterocycles. The minimum atomic E-state index is -0.392. The van der Waals surface area contributed by atoms with Gasteiger partial charge in [-0.2, -0.15) is 0 Å². The molecule has 0 atom stereocenters. The number of para-hydroxylation sites is 1. The summed E-state index contributed by atoms with van der Waals surface area (Å²) in [5, 5.41) is 1.68. The van der Waals surface area contributed by atoms with Crippen LogP contribution in [0.2, 0.25) is 0 Å². The summed E-state index contributed by atoms with van der Waals surface area (Å²) in [6.45, 7) is 6.70. The lowest BCUT2D eigenvalue weighted by Gasteiger charge is -2.26. The van der Waals surface area contributed by atoms with E-state index in [0.29, 0.717) is 43.3 Å². The first-order valence-electron chi connectivity index (χ1n) is 8.88. The van der Waals surface area contributed by atoms with Gasteiger partial charge in [0.1, 0.15) is 5.56 Å². The van der Waals surface area contributed by atoms with Crippen molar-refractivity contribution in [2.24, 2.45) is 0 Å². The fourth-order valence-electron chi connectivity index (χ4n) is 3.49. The van der Waals surface area contributed by atoms with Gasteiger partial charge in [-0.1, -0.05) is 32.0 Å². The van der Waals surface area contributed by atoms with Gasteiger partial charge in [-0.3, -0.25) is 0 Å². The van der Waals surface area contributed by atoms with E-state index in [9.17, 15) is 4.79 Å². The van der Waals surface area contributed by atoms with Gasteiger partial charge < -0.3 is 18.8 Å². The van der Waals surface area contributed by atoms with Crippen LogP contribution in [0.4, 0.5) is 5.88 Å². The van der Waals surface area contributed by atoms with Gasteiger partial charge in [0.15, 0.2) is 5.58 Å². The zero-order chi connectivity index (χ0) is 18.3. The predicted molar refractivity (Wildman–Crippen MR) is 100.0 cm³/mol. The number of carbonyl (C=O) groups is 1. The average molecular weight is 354 g/mol. The maximum Gasteiger partial charge on any atom is 0.344 e. The first-order chi connectivity index (χ1) is 12.6. The first kappa shape index (κ1) is 16.8. The molecular formula is C20H22N2O4. The fourth-order valence-corrected chi connectivity index (χ4v) is 3.49. The summed E-state index contributed by atoms with van der Waals surface area (Å²) in [6, 6.07) is 7.83. The summed E-state index contributed by atoms with van der Waals surface area (Å²) >= 11 is 0. The van der Waals surface area contributed by atoms with Crippen LogP contribution in [0.5, 0.6) is 0 Å². The van der Waals surface area contributed by atoms with Gasteiger partial charge in [-0.15, -0.1) is 0 Å². The van der Waals surface area contributed by atoms with E-state index in [1.807, 2.05) is 24.3 Å². The molecule has 1 fully saturated rings. The Morgan fingerprint density at radius 2 is 1.96 bits per heavy atom. The zero-order valence-electron chi connectivity index (χ0n) is 15.2. The number of rotatable bonds is 3. The van der Waals surface area contributed by atoms with Crippen molar-refractivity contribution in [2.75, 3.05) is 38.3 Å². The average Bonchev–Trinajstić information content (AvgIpc) is 3.08. The number of ether oxygens (including phenoxy) is 2. The summed E-state index contributed by atoms with van der Waals surface area (Å²) < 4.78 is 16.8. The second-order valence-electron chi connectivity index (χ2n) is 6.75. The van der Waals surface area contributed by atoms with Gasteiger partial charge in [0.2, 0.25) is 5.88 Å². The summed E-state index contributed by atoms with van der Waals surface area (Å²) in [5.41, 5.74) is 2.84. The number of morpholine rings is 1. The van der Waals surface area contributed by atoms with Crippen LogP contribution in [-0.4, -0.2) is 44.4 Å². The van der Waals surface area contributed by atoms with Crippen molar-refractivity contribution in [1.29, 1.82) is 0 Å². The van der Waals surface area contributed by atoms with E-state index in [0.717, 1.165) is 22.0 Å². The molecule has 1 aromatic carbocycles. The number of esters is 1. The van der Waals surface area contributed by atoms with E-state index in [1.54, 1.807) is 0 Å². The first-order valence-corrected chi connectivity index (χ1v) is 8.88. The summed E-state index contributed by atoms with van der Waals surface area (Å²) in [5.74, 6) is 0.322. The Morgan fingerprint density at radius 3 is 2.65 bits per heavy atom. The molecule has 1 aliphatic rings. The predicted octanol–water partition coefficient (Wildman–Crippen LogP) is 3.73. The van der Waals surface area contributed by atoms with E-state index in [-0.39, 0.29) is 5.92 Å². The summed E-state index contributed by atoms with van der Waals surface area (Å²) in [6.07, 6.45) is 0. The van der Waals surface area contributed by atoms with Crippen molar-refractivity contribution in [3.05, 3.63) is 35.5 Å². The van der Waals surface area contributed by atoms with Crippen molar-refractivity contribution < 1.29 is 18.7 Å². The molecule has 0 amide bonds. The molecule has 3 heterocycles.